The smallest absolute Gasteiger partial charge is 0.269 e. The number of aromatic nitrogens is 4. The van der Waals surface area contributed by atoms with Crippen molar-refractivity contribution in [2.24, 2.45) is 0 Å². The van der Waals surface area contributed by atoms with E-state index >= 15 is 0 Å². The minimum atomic E-state index is -0.0813. The highest BCUT2D eigenvalue weighted by Gasteiger charge is 2.17. The maximum Gasteiger partial charge on any atom is 0.269 e. The zero-order valence-corrected chi connectivity index (χ0v) is 19.1. The molecule has 0 bridgehead atoms. The molecule has 1 amide bonds. The van der Waals surface area contributed by atoms with Gasteiger partial charge in [0, 0.05) is 45.7 Å². The minimum Gasteiger partial charge on any atom is -0.368 e. The normalized spacial score (nSPS) is 14.0. The van der Waals surface area contributed by atoms with Gasteiger partial charge in [0.2, 0.25) is 5.95 Å². The average molecular weight is 437 g/mol. The summed E-state index contributed by atoms with van der Waals surface area (Å²) in [6.07, 6.45) is 6.04. The number of anilines is 3. The second kappa shape index (κ2) is 9.95. The van der Waals surface area contributed by atoms with E-state index < -0.39 is 0 Å². The first kappa shape index (κ1) is 22.0. The maximum absolute atomic E-state index is 12.4. The van der Waals surface area contributed by atoms with Crippen LogP contribution in [-0.2, 0) is 6.42 Å². The van der Waals surface area contributed by atoms with E-state index in [9.17, 15) is 4.79 Å². The number of nitrogens with zero attached hydrogens (tertiary/aromatic N) is 5. The summed E-state index contributed by atoms with van der Waals surface area (Å²) >= 11 is 0. The van der Waals surface area contributed by atoms with Crippen molar-refractivity contribution in [1.29, 1.82) is 0 Å². The second-order valence-corrected chi connectivity index (χ2v) is 8.36. The first-order valence-corrected chi connectivity index (χ1v) is 11.3. The number of carbonyl (C=O) groups excluding carboxylic acids is 1. The van der Waals surface area contributed by atoms with E-state index in [4.69, 9.17) is 4.98 Å². The van der Waals surface area contributed by atoms with Gasteiger partial charge in [-0.2, -0.15) is 4.98 Å². The monoisotopic (exact) mass is 436 g/mol. The Bertz CT molecular complexity index is 1050. The number of H-pyrrole nitrogens is 1. The Labute approximate surface area is 188 Å². The van der Waals surface area contributed by atoms with Crippen molar-refractivity contribution in [2.75, 3.05) is 50.5 Å². The second-order valence-electron chi connectivity index (χ2n) is 8.36. The molecule has 0 saturated carbocycles. The van der Waals surface area contributed by atoms with E-state index in [-0.39, 0.29) is 5.91 Å². The molecule has 0 unspecified atom stereocenters. The lowest BCUT2D eigenvalue weighted by atomic mass is 10.1. The Morgan fingerprint density at radius 2 is 2.00 bits per heavy atom. The van der Waals surface area contributed by atoms with Gasteiger partial charge in [-0.25, -0.2) is 9.97 Å². The quantitative estimate of drug-likeness (QED) is 0.467. The van der Waals surface area contributed by atoms with E-state index in [1.165, 1.54) is 0 Å². The Hall–Kier alpha value is -3.20. The molecule has 1 aliphatic heterocycles. The zero-order chi connectivity index (χ0) is 22.5. The van der Waals surface area contributed by atoms with Crippen molar-refractivity contribution in [3.05, 3.63) is 35.8 Å². The van der Waals surface area contributed by atoms with Gasteiger partial charge in [0.15, 0.2) is 0 Å². The number of amides is 1. The predicted molar refractivity (Wildman–Crippen MR) is 128 cm³/mol. The Morgan fingerprint density at radius 1 is 1.19 bits per heavy atom. The van der Waals surface area contributed by atoms with Gasteiger partial charge in [0.05, 0.1) is 17.6 Å². The number of aryl methyl sites for hydroxylation is 1. The number of fused-ring (bicyclic) bond motifs is 1. The van der Waals surface area contributed by atoms with Crippen molar-refractivity contribution in [3.8, 4) is 0 Å². The highest BCUT2D eigenvalue weighted by molar-refractivity contribution is 5.97. The Kier molecular flexibility index (Phi) is 6.84. The summed E-state index contributed by atoms with van der Waals surface area (Å²) in [5.41, 5.74) is 3.24. The number of piperazine rings is 1. The van der Waals surface area contributed by atoms with Crippen LogP contribution >= 0.6 is 0 Å². The van der Waals surface area contributed by atoms with Crippen LogP contribution in [0, 0.1) is 0 Å². The first-order valence-electron chi connectivity index (χ1n) is 11.3. The van der Waals surface area contributed by atoms with E-state index in [1.807, 2.05) is 18.3 Å². The molecule has 3 aromatic heterocycles. The van der Waals surface area contributed by atoms with Crippen LogP contribution in [0.15, 0.2) is 24.4 Å². The van der Waals surface area contributed by atoms with Crippen LogP contribution in [0.5, 0.6) is 0 Å². The number of rotatable bonds is 8. The van der Waals surface area contributed by atoms with Gasteiger partial charge in [-0.1, -0.05) is 19.8 Å². The van der Waals surface area contributed by atoms with Crippen LogP contribution in [0.3, 0.4) is 0 Å². The summed E-state index contributed by atoms with van der Waals surface area (Å²) in [7, 11) is 3.48. The highest BCUT2D eigenvalue weighted by Crippen LogP contribution is 2.23. The molecule has 0 radical (unpaired) electrons. The summed E-state index contributed by atoms with van der Waals surface area (Å²) in [5, 5.41) is 7.50. The molecule has 1 saturated heterocycles. The minimum absolute atomic E-state index is 0.0813. The summed E-state index contributed by atoms with van der Waals surface area (Å²) in [6, 6.07) is 5.89. The number of aromatic amines is 1. The van der Waals surface area contributed by atoms with Crippen LogP contribution in [0.1, 0.15) is 42.4 Å². The zero-order valence-electron chi connectivity index (χ0n) is 19.1. The van der Waals surface area contributed by atoms with E-state index in [1.54, 1.807) is 19.0 Å². The van der Waals surface area contributed by atoms with E-state index in [2.05, 4.69) is 43.5 Å². The third-order valence-electron chi connectivity index (χ3n) is 5.69. The molecule has 1 aliphatic rings. The average Bonchev–Trinajstić information content (AvgIpc) is 3.24. The molecule has 0 aromatic carbocycles. The molecule has 3 aromatic rings. The largest absolute Gasteiger partial charge is 0.368 e. The molecule has 1 fully saturated rings. The van der Waals surface area contributed by atoms with Crippen LogP contribution in [0.2, 0.25) is 0 Å². The summed E-state index contributed by atoms with van der Waals surface area (Å²) < 4.78 is 0. The third kappa shape index (κ3) is 4.99. The molecule has 0 spiro atoms. The summed E-state index contributed by atoms with van der Waals surface area (Å²) in [5.74, 6) is 1.10. The Morgan fingerprint density at radius 3 is 2.69 bits per heavy atom. The van der Waals surface area contributed by atoms with Crippen LogP contribution in [0.4, 0.5) is 17.5 Å². The van der Waals surface area contributed by atoms with Crippen molar-refractivity contribution in [3.63, 3.8) is 0 Å². The van der Waals surface area contributed by atoms with E-state index in [0.717, 1.165) is 68.6 Å². The number of unbranched alkanes of at least 4 members (excludes halogenated alkanes) is 2. The van der Waals surface area contributed by atoms with Gasteiger partial charge in [0.1, 0.15) is 17.2 Å². The van der Waals surface area contributed by atoms with Crippen LogP contribution in [0.25, 0.3) is 11.0 Å². The molecular formula is C23H32N8O. The molecule has 9 heteroatoms. The van der Waals surface area contributed by atoms with Gasteiger partial charge in [0.25, 0.3) is 5.91 Å². The molecule has 4 rings (SSSR count). The lowest BCUT2D eigenvalue weighted by Crippen LogP contribution is -2.43. The van der Waals surface area contributed by atoms with Crippen LogP contribution in [-0.4, -0.2) is 71.0 Å². The van der Waals surface area contributed by atoms with Gasteiger partial charge in [-0.05, 0) is 31.0 Å². The lowest BCUT2D eigenvalue weighted by Gasteiger charge is -2.29. The molecule has 9 nitrogen and oxygen atoms in total. The van der Waals surface area contributed by atoms with Crippen molar-refractivity contribution >= 4 is 34.4 Å². The molecule has 3 N–H and O–H groups in total. The standard InChI is InChI=1S/C23H32N8O/c1-4-5-6-7-18-17-14-19(22(32)30(2)3)26-21(17)29-23(27-18)28-20-9-8-16(15-25-20)31-12-10-24-11-13-31/h8-9,14-15,24H,4-7,10-13H2,1-3H3,(H2,25,26,27,28,29). The summed E-state index contributed by atoms with van der Waals surface area (Å²) in [4.78, 5) is 33.4. The number of hydrogen-bond donors (Lipinski definition) is 3. The molecule has 4 heterocycles. The molecule has 0 atom stereocenters. The van der Waals surface area contributed by atoms with Gasteiger partial charge < -0.3 is 25.4 Å². The molecular weight excluding hydrogens is 404 g/mol. The summed E-state index contributed by atoms with van der Waals surface area (Å²) in [6.45, 7) is 6.13. The molecule has 32 heavy (non-hydrogen) atoms. The molecule has 170 valence electrons. The fourth-order valence-corrected chi connectivity index (χ4v) is 3.90. The van der Waals surface area contributed by atoms with Gasteiger partial charge in [-0.3, -0.25) is 4.79 Å². The third-order valence-corrected chi connectivity index (χ3v) is 5.69. The van der Waals surface area contributed by atoms with Gasteiger partial charge >= 0.3 is 0 Å². The predicted octanol–water partition coefficient (Wildman–Crippen LogP) is 2.94. The number of pyridine rings is 1. The van der Waals surface area contributed by atoms with Crippen molar-refractivity contribution < 1.29 is 4.79 Å². The first-order chi connectivity index (χ1) is 15.5. The number of carbonyl (C=O) groups is 1. The fourth-order valence-electron chi connectivity index (χ4n) is 3.90. The Balaban J connectivity index is 1.59. The SMILES string of the molecule is CCCCCc1nc(Nc2ccc(N3CCNCC3)cn2)nc2[nH]c(C(=O)N(C)C)cc12. The van der Waals surface area contributed by atoms with Crippen molar-refractivity contribution in [2.45, 2.75) is 32.6 Å². The fraction of sp³-hybridized carbons (Fsp3) is 0.478. The highest BCUT2D eigenvalue weighted by atomic mass is 16.2. The lowest BCUT2D eigenvalue weighted by molar-refractivity contribution is 0.0823. The number of hydrogen-bond acceptors (Lipinski definition) is 7. The topological polar surface area (TPSA) is 102 Å². The van der Waals surface area contributed by atoms with Gasteiger partial charge in [-0.15, -0.1) is 0 Å². The van der Waals surface area contributed by atoms with Crippen LogP contribution < -0.4 is 15.5 Å². The maximum atomic E-state index is 12.4. The number of nitrogens with one attached hydrogen (secondary N) is 3. The molecule has 0 aliphatic carbocycles. The van der Waals surface area contributed by atoms with E-state index in [0.29, 0.717) is 23.1 Å². The van der Waals surface area contributed by atoms with Crippen molar-refractivity contribution in [1.82, 2.24) is 30.2 Å².